The number of carbonyl (C=O) groups is 1. The number of benzene rings is 2. The van der Waals surface area contributed by atoms with Gasteiger partial charge in [-0.1, -0.05) is 37.3 Å². The second-order valence-electron chi connectivity index (χ2n) is 7.43. The second kappa shape index (κ2) is 6.99. The number of amides is 1. The SMILES string of the molecule is CCc1cc(C)c2c(c1)[C@H]1CN(Cl)C[C@@H]1N(Cc1ccccc1C#N)C2=O. The van der Waals surface area contributed by atoms with Crippen LogP contribution in [0, 0.1) is 18.3 Å². The summed E-state index contributed by atoms with van der Waals surface area (Å²) >= 11 is 6.38. The van der Waals surface area contributed by atoms with Gasteiger partial charge >= 0.3 is 0 Å². The molecule has 2 aromatic carbocycles. The Labute approximate surface area is 165 Å². The molecule has 138 valence electrons. The third kappa shape index (κ3) is 3.01. The number of aryl methyl sites for hydroxylation is 2. The van der Waals surface area contributed by atoms with Crippen molar-refractivity contribution < 1.29 is 4.79 Å². The lowest BCUT2D eigenvalue weighted by molar-refractivity contribution is 0.0626. The van der Waals surface area contributed by atoms with Gasteiger partial charge in [-0.3, -0.25) is 4.79 Å². The molecule has 0 bridgehead atoms. The van der Waals surface area contributed by atoms with Crippen LogP contribution in [-0.4, -0.2) is 34.4 Å². The number of hydrogen-bond acceptors (Lipinski definition) is 3. The van der Waals surface area contributed by atoms with Crippen LogP contribution in [0.4, 0.5) is 0 Å². The molecule has 1 amide bonds. The van der Waals surface area contributed by atoms with Crippen molar-refractivity contribution in [2.45, 2.75) is 38.8 Å². The minimum absolute atomic E-state index is 0.0285. The van der Waals surface area contributed by atoms with E-state index in [4.69, 9.17) is 11.8 Å². The lowest BCUT2D eigenvalue weighted by Gasteiger charge is -2.39. The Bertz CT molecular complexity index is 949. The van der Waals surface area contributed by atoms with Gasteiger partial charge in [-0.25, -0.2) is 4.42 Å². The highest BCUT2D eigenvalue weighted by Gasteiger charge is 2.45. The predicted octanol–water partition coefficient (Wildman–Crippen LogP) is 4.01. The van der Waals surface area contributed by atoms with E-state index in [9.17, 15) is 10.1 Å². The van der Waals surface area contributed by atoms with Crippen LogP contribution in [0.2, 0.25) is 0 Å². The zero-order valence-corrected chi connectivity index (χ0v) is 16.3. The Hall–Kier alpha value is -2.35. The van der Waals surface area contributed by atoms with Crippen molar-refractivity contribution in [2.24, 2.45) is 0 Å². The molecule has 0 N–H and O–H groups in total. The first kappa shape index (κ1) is 18.0. The van der Waals surface area contributed by atoms with Crippen LogP contribution in [0.1, 0.15) is 51.0 Å². The molecule has 2 atom stereocenters. The molecule has 4 rings (SSSR count). The van der Waals surface area contributed by atoms with E-state index in [-0.39, 0.29) is 17.9 Å². The highest BCUT2D eigenvalue weighted by Crippen LogP contribution is 2.41. The number of rotatable bonds is 3. The Morgan fingerprint density at radius 3 is 2.78 bits per heavy atom. The molecule has 1 saturated heterocycles. The molecule has 2 aromatic rings. The summed E-state index contributed by atoms with van der Waals surface area (Å²) in [7, 11) is 0. The normalized spacial score (nSPS) is 21.7. The lowest BCUT2D eigenvalue weighted by atomic mass is 9.81. The molecule has 2 aliphatic heterocycles. The van der Waals surface area contributed by atoms with Crippen LogP contribution in [-0.2, 0) is 13.0 Å². The molecule has 27 heavy (non-hydrogen) atoms. The molecule has 1 fully saturated rings. The molecule has 0 saturated carbocycles. The van der Waals surface area contributed by atoms with Crippen molar-refractivity contribution in [1.82, 2.24) is 9.32 Å². The Morgan fingerprint density at radius 2 is 2.04 bits per heavy atom. The smallest absolute Gasteiger partial charge is 0.255 e. The van der Waals surface area contributed by atoms with Crippen molar-refractivity contribution in [3.8, 4) is 6.07 Å². The van der Waals surface area contributed by atoms with Gasteiger partial charge in [-0.05, 0) is 53.4 Å². The summed E-state index contributed by atoms with van der Waals surface area (Å²) in [4.78, 5) is 15.4. The molecule has 4 nitrogen and oxygen atoms in total. The van der Waals surface area contributed by atoms with Crippen LogP contribution in [0.25, 0.3) is 0 Å². The van der Waals surface area contributed by atoms with Gasteiger partial charge in [0.05, 0.1) is 17.7 Å². The number of carbonyl (C=O) groups excluding carboxylic acids is 1. The van der Waals surface area contributed by atoms with Crippen molar-refractivity contribution >= 4 is 17.7 Å². The van der Waals surface area contributed by atoms with E-state index >= 15 is 0 Å². The number of hydrogen-bond donors (Lipinski definition) is 0. The Balaban J connectivity index is 1.80. The molecular formula is C22H22ClN3O. The monoisotopic (exact) mass is 379 g/mol. The maximum atomic E-state index is 13.5. The van der Waals surface area contributed by atoms with Gasteiger partial charge in [0.15, 0.2) is 0 Å². The van der Waals surface area contributed by atoms with E-state index in [1.165, 1.54) is 5.56 Å². The minimum Gasteiger partial charge on any atom is -0.329 e. The molecule has 2 aliphatic rings. The van der Waals surface area contributed by atoms with Gasteiger partial charge in [0.1, 0.15) is 0 Å². The zero-order chi connectivity index (χ0) is 19.1. The zero-order valence-electron chi connectivity index (χ0n) is 15.6. The van der Waals surface area contributed by atoms with Crippen LogP contribution < -0.4 is 0 Å². The molecule has 0 radical (unpaired) electrons. The highest BCUT2D eigenvalue weighted by atomic mass is 35.5. The fraction of sp³-hybridized carbons (Fsp3) is 0.364. The van der Waals surface area contributed by atoms with Crippen LogP contribution >= 0.6 is 11.8 Å². The maximum absolute atomic E-state index is 13.5. The number of nitrogens with zero attached hydrogens (tertiary/aromatic N) is 3. The average Bonchev–Trinajstić information content (AvgIpc) is 3.06. The van der Waals surface area contributed by atoms with E-state index in [0.29, 0.717) is 18.7 Å². The first-order chi connectivity index (χ1) is 13.0. The number of nitriles is 1. The van der Waals surface area contributed by atoms with Crippen molar-refractivity contribution in [3.05, 3.63) is 69.8 Å². The van der Waals surface area contributed by atoms with Gasteiger partial charge < -0.3 is 4.90 Å². The average molecular weight is 380 g/mol. The van der Waals surface area contributed by atoms with Gasteiger partial charge in [0.2, 0.25) is 0 Å². The molecule has 2 heterocycles. The number of halogens is 1. The fourth-order valence-electron chi connectivity index (χ4n) is 4.48. The largest absolute Gasteiger partial charge is 0.329 e. The molecule has 0 unspecified atom stereocenters. The quantitative estimate of drug-likeness (QED) is 0.757. The summed E-state index contributed by atoms with van der Waals surface area (Å²) in [5.41, 5.74) is 5.73. The minimum atomic E-state index is 0.0285. The standard InChI is InChI=1S/C22H22ClN3O/c1-3-15-8-14(2)21-18(9-15)19-12-25(23)13-20(19)26(22(21)27)11-17-7-5-4-6-16(17)10-24/h4-9,19-20H,3,11-13H2,1-2H3/t19-,20+/m1/s1. The summed E-state index contributed by atoms with van der Waals surface area (Å²) in [6.07, 6.45) is 0.948. The molecule has 0 spiro atoms. The summed E-state index contributed by atoms with van der Waals surface area (Å²) in [5.74, 6) is 0.251. The van der Waals surface area contributed by atoms with E-state index in [1.807, 2.05) is 30.0 Å². The molecule has 0 aromatic heterocycles. The van der Waals surface area contributed by atoms with E-state index in [1.54, 1.807) is 10.5 Å². The van der Waals surface area contributed by atoms with Crippen molar-refractivity contribution in [3.63, 3.8) is 0 Å². The van der Waals surface area contributed by atoms with Gasteiger partial charge in [-0.2, -0.15) is 5.26 Å². The second-order valence-corrected chi connectivity index (χ2v) is 7.91. The summed E-state index contributed by atoms with van der Waals surface area (Å²) < 4.78 is 1.79. The summed E-state index contributed by atoms with van der Waals surface area (Å²) in [5, 5.41) is 9.42. The van der Waals surface area contributed by atoms with Gasteiger partial charge in [0, 0.05) is 31.1 Å². The van der Waals surface area contributed by atoms with E-state index < -0.39 is 0 Å². The first-order valence-corrected chi connectivity index (χ1v) is 9.70. The van der Waals surface area contributed by atoms with Crippen LogP contribution in [0.5, 0.6) is 0 Å². The van der Waals surface area contributed by atoms with Crippen LogP contribution in [0.3, 0.4) is 0 Å². The Kier molecular flexibility index (Phi) is 4.67. The molecule has 0 aliphatic carbocycles. The first-order valence-electron chi connectivity index (χ1n) is 9.36. The Morgan fingerprint density at radius 1 is 1.26 bits per heavy atom. The fourth-order valence-corrected chi connectivity index (χ4v) is 4.77. The topological polar surface area (TPSA) is 47.3 Å². The predicted molar refractivity (Wildman–Crippen MR) is 106 cm³/mol. The summed E-state index contributed by atoms with van der Waals surface area (Å²) in [6.45, 7) is 5.96. The number of fused-ring (bicyclic) bond motifs is 3. The van der Waals surface area contributed by atoms with Crippen molar-refractivity contribution in [1.29, 1.82) is 5.26 Å². The lowest BCUT2D eigenvalue weighted by Crippen LogP contribution is -2.48. The third-order valence-corrected chi connectivity index (χ3v) is 6.11. The van der Waals surface area contributed by atoms with E-state index in [2.05, 4.69) is 25.1 Å². The van der Waals surface area contributed by atoms with Gasteiger partial charge in [-0.15, -0.1) is 0 Å². The maximum Gasteiger partial charge on any atom is 0.255 e. The van der Waals surface area contributed by atoms with Crippen molar-refractivity contribution in [2.75, 3.05) is 13.1 Å². The highest BCUT2D eigenvalue weighted by molar-refractivity contribution is 6.13. The van der Waals surface area contributed by atoms with E-state index in [0.717, 1.165) is 35.2 Å². The van der Waals surface area contributed by atoms with Gasteiger partial charge in [0.25, 0.3) is 5.91 Å². The molecular weight excluding hydrogens is 358 g/mol. The molecule has 5 heteroatoms. The van der Waals surface area contributed by atoms with Crippen LogP contribution in [0.15, 0.2) is 36.4 Å². The summed E-state index contributed by atoms with van der Waals surface area (Å²) in [6, 6.07) is 14.1. The third-order valence-electron chi connectivity index (χ3n) is 5.83.